The minimum absolute atomic E-state index is 0.118. The normalized spacial score (nSPS) is 10.1. The Morgan fingerprint density at radius 1 is 1.25 bits per heavy atom. The van der Waals surface area contributed by atoms with Gasteiger partial charge in [-0.15, -0.1) is 0 Å². The predicted octanol–water partition coefficient (Wildman–Crippen LogP) is 2.24. The highest BCUT2D eigenvalue weighted by molar-refractivity contribution is 6.29. The summed E-state index contributed by atoms with van der Waals surface area (Å²) in [6.07, 6.45) is 2.82. The maximum absolute atomic E-state index is 12.7. The summed E-state index contributed by atoms with van der Waals surface area (Å²) in [7, 11) is 0. The van der Waals surface area contributed by atoms with Crippen molar-refractivity contribution < 1.29 is 9.13 Å². The number of nitrogens with zero attached hydrogens (tertiary/aromatic N) is 3. The molecule has 0 aliphatic carbocycles. The molecule has 0 amide bonds. The van der Waals surface area contributed by atoms with Crippen LogP contribution < -0.4 is 4.74 Å². The molecule has 0 bridgehead atoms. The molecule has 0 unspecified atom stereocenters. The number of aromatic nitrogens is 3. The highest BCUT2D eigenvalue weighted by atomic mass is 35.5. The van der Waals surface area contributed by atoms with Crippen molar-refractivity contribution in [2.24, 2.45) is 0 Å². The first-order chi connectivity index (χ1) is 7.74. The summed E-state index contributed by atoms with van der Waals surface area (Å²) in [5, 5.41) is 0.240. The molecule has 0 aromatic carbocycles. The van der Waals surface area contributed by atoms with Crippen molar-refractivity contribution in [2.45, 2.75) is 6.61 Å². The first-order valence-corrected chi connectivity index (χ1v) is 4.83. The number of halogens is 2. The monoisotopic (exact) mass is 239 g/mol. The smallest absolute Gasteiger partial charge is 0.234 e. The Bertz CT molecular complexity index is 449. The van der Waals surface area contributed by atoms with E-state index in [0.29, 0.717) is 5.69 Å². The van der Waals surface area contributed by atoms with Gasteiger partial charge in [0.15, 0.2) is 5.15 Å². The molecule has 2 heterocycles. The number of hydrogen-bond donors (Lipinski definition) is 0. The van der Waals surface area contributed by atoms with Gasteiger partial charge < -0.3 is 4.74 Å². The zero-order valence-corrected chi connectivity index (χ0v) is 8.86. The molecule has 0 aliphatic rings. The van der Waals surface area contributed by atoms with Gasteiger partial charge >= 0.3 is 0 Å². The fourth-order valence-electron chi connectivity index (χ4n) is 1.07. The van der Waals surface area contributed by atoms with Crippen LogP contribution >= 0.6 is 11.6 Å². The van der Waals surface area contributed by atoms with E-state index in [1.54, 1.807) is 12.1 Å². The van der Waals surface area contributed by atoms with Crippen molar-refractivity contribution >= 4 is 11.6 Å². The molecule has 2 aromatic heterocycles. The molecule has 2 rings (SSSR count). The van der Waals surface area contributed by atoms with E-state index in [1.807, 2.05) is 0 Å². The van der Waals surface area contributed by atoms with E-state index >= 15 is 0 Å². The van der Waals surface area contributed by atoms with E-state index < -0.39 is 5.95 Å². The molecule has 2 aromatic rings. The molecular weight excluding hydrogens is 233 g/mol. The fourth-order valence-corrected chi connectivity index (χ4v) is 1.21. The van der Waals surface area contributed by atoms with Crippen LogP contribution in [0.2, 0.25) is 5.15 Å². The number of rotatable bonds is 3. The zero-order chi connectivity index (χ0) is 11.4. The first kappa shape index (κ1) is 10.8. The van der Waals surface area contributed by atoms with Crippen LogP contribution in [0.15, 0.2) is 30.6 Å². The average molecular weight is 240 g/mol. The molecule has 6 heteroatoms. The van der Waals surface area contributed by atoms with Crippen LogP contribution in [0.25, 0.3) is 0 Å². The van der Waals surface area contributed by atoms with Crippen LogP contribution in [0.1, 0.15) is 5.69 Å². The largest absolute Gasteiger partial charge is 0.470 e. The van der Waals surface area contributed by atoms with Crippen LogP contribution in [-0.4, -0.2) is 15.0 Å². The molecule has 0 spiro atoms. The first-order valence-electron chi connectivity index (χ1n) is 4.46. The number of pyridine rings is 1. The maximum atomic E-state index is 12.7. The SMILES string of the molecule is Fc1cccc(COc2cncc(Cl)n2)n1. The van der Waals surface area contributed by atoms with Gasteiger partial charge in [-0.3, -0.25) is 4.98 Å². The van der Waals surface area contributed by atoms with Crippen molar-refractivity contribution in [3.63, 3.8) is 0 Å². The van der Waals surface area contributed by atoms with E-state index in [1.165, 1.54) is 18.5 Å². The number of hydrogen-bond acceptors (Lipinski definition) is 4. The Balaban J connectivity index is 2.02. The van der Waals surface area contributed by atoms with Gasteiger partial charge in [0.2, 0.25) is 11.8 Å². The van der Waals surface area contributed by atoms with E-state index in [0.717, 1.165) is 0 Å². The minimum Gasteiger partial charge on any atom is -0.470 e. The van der Waals surface area contributed by atoms with Crippen molar-refractivity contribution in [3.05, 3.63) is 47.4 Å². The highest BCUT2D eigenvalue weighted by Crippen LogP contribution is 2.10. The van der Waals surface area contributed by atoms with Gasteiger partial charge in [-0.25, -0.2) is 4.98 Å². The quantitative estimate of drug-likeness (QED) is 0.771. The molecule has 0 saturated carbocycles. The summed E-state index contributed by atoms with van der Waals surface area (Å²) in [5.41, 5.74) is 0.474. The molecule has 4 nitrogen and oxygen atoms in total. The van der Waals surface area contributed by atoms with Gasteiger partial charge in [0.05, 0.1) is 18.1 Å². The summed E-state index contributed by atoms with van der Waals surface area (Å²) in [6.45, 7) is 0.118. The Hall–Kier alpha value is -1.75. The van der Waals surface area contributed by atoms with Gasteiger partial charge in [-0.05, 0) is 12.1 Å². The summed E-state index contributed by atoms with van der Waals surface area (Å²) in [5.74, 6) is -0.267. The summed E-state index contributed by atoms with van der Waals surface area (Å²) in [4.78, 5) is 11.3. The average Bonchev–Trinajstić information content (AvgIpc) is 2.27. The lowest BCUT2D eigenvalue weighted by Gasteiger charge is -2.03. The third kappa shape index (κ3) is 2.87. The summed E-state index contributed by atoms with van der Waals surface area (Å²) in [6, 6.07) is 4.48. The maximum Gasteiger partial charge on any atom is 0.234 e. The van der Waals surface area contributed by atoms with Gasteiger partial charge in [-0.2, -0.15) is 9.37 Å². The molecule has 0 fully saturated rings. The Labute approximate surface area is 96.1 Å². The van der Waals surface area contributed by atoms with E-state index in [9.17, 15) is 4.39 Å². The van der Waals surface area contributed by atoms with Crippen LogP contribution in [0.3, 0.4) is 0 Å². The lowest BCUT2D eigenvalue weighted by molar-refractivity contribution is 0.286. The van der Waals surface area contributed by atoms with Crippen molar-refractivity contribution in [1.29, 1.82) is 0 Å². The third-order valence-corrected chi connectivity index (χ3v) is 1.91. The van der Waals surface area contributed by atoms with Crippen LogP contribution in [0.4, 0.5) is 4.39 Å². The molecule has 0 N–H and O–H groups in total. The summed E-state index contributed by atoms with van der Waals surface area (Å²) < 4.78 is 18.0. The minimum atomic E-state index is -0.543. The van der Waals surface area contributed by atoms with Crippen LogP contribution in [-0.2, 0) is 6.61 Å². The van der Waals surface area contributed by atoms with E-state index in [4.69, 9.17) is 16.3 Å². The van der Waals surface area contributed by atoms with Crippen molar-refractivity contribution in [1.82, 2.24) is 15.0 Å². The van der Waals surface area contributed by atoms with E-state index in [-0.39, 0.29) is 17.6 Å². The van der Waals surface area contributed by atoms with Crippen molar-refractivity contribution in [2.75, 3.05) is 0 Å². The van der Waals surface area contributed by atoms with Crippen LogP contribution in [0.5, 0.6) is 5.88 Å². The Morgan fingerprint density at radius 2 is 2.12 bits per heavy atom. The molecular formula is C10H7ClFN3O. The predicted molar refractivity (Wildman–Crippen MR) is 55.6 cm³/mol. The summed E-state index contributed by atoms with van der Waals surface area (Å²) >= 11 is 5.62. The van der Waals surface area contributed by atoms with Crippen LogP contribution in [0, 0.1) is 5.95 Å². The molecule has 0 atom stereocenters. The lowest BCUT2D eigenvalue weighted by atomic mass is 10.4. The van der Waals surface area contributed by atoms with Gasteiger partial charge in [0.25, 0.3) is 0 Å². The Kier molecular flexibility index (Phi) is 3.26. The highest BCUT2D eigenvalue weighted by Gasteiger charge is 2.00. The topological polar surface area (TPSA) is 47.9 Å². The second-order valence-corrected chi connectivity index (χ2v) is 3.31. The molecule has 16 heavy (non-hydrogen) atoms. The van der Waals surface area contributed by atoms with E-state index in [2.05, 4.69) is 15.0 Å². The van der Waals surface area contributed by atoms with Gasteiger partial charge in [-0.1, -0.05) is 17.7 Å². The van der Waals surface area contributed by atoms with Gasteiger partial charge in [0.1, 0.15) is 6.61 Å². The Morgan fingerprint density at radius 3 is 2.88 bits per heavy atom. The molecule has 82 valence electrons. The molecule has 0 radical (unpaired) electrons. The second-order valence-electron chi connectivity index (χ2n) is 2.92. The lowest BCUT2D eigenvalue weighted by Crippen LogP contribution is -2.01. The second kappa shape index (κ2) is 4.85. The zero-order valence-electron chi connectivity index (χ0n) is 8.10. The standard InChI is InChI=1S/C10H7ClFN3O/c11-8-4-13-5-10(15-8)16-6-7-2-1-3-9(12)14-7/h1-5H,6H2. The molecule has 0 saturated heterocycles. The molecule has 0 aliphatic heterocycles. The fraction of sp³-hybridized carbons (Fsp3) is 0.100. The van der Waals surface area contributed by atoms with Gasteiger partial charge in [0, 0.05) is 0 Å². The van der Waals surface area contributed by atoms with Crippen molar-refractivity contribution in [3.8, 4) is 5.88 Å². The number of ether oxygens (including phenoxy) is 1. The third-order valence-electron chi connectivity index (χ3n) is 1.72.